The number of fused-ring (bicyclic) bond motifs is 1. The molecule has 0 N–H and O–H groups in total. The highest BCUT2D eigenvalue weighted by Crippen LogP contribution is 2.23. The van der Waals surface area contributed by atoms with Crippen molar-refractivity contribution >= 4 is 12.2 Å². The van der Waals surface area contributed by atoms with Crippen LogP contribution in [-0.4, -0.2) is 25.3 Å². The molecular weight excluding hydrogens is 226 g/mol. The summed E-state index contributed by atoms with van der Waals surface area (Å²) >= 11 is 0. The molecule has 0 atom stereocenters. The van der Waals surface area contributed by atoms with Crippen molar-refractivity contribution in [3.05, 3.63) is 34.9 Å². The van der Waals surface area contributed by atoms with Crippen LogP contribution in [0.25, 0.3) is 0 Å². The van der Waals surface area contributed by atoms with Crippen LogP contribution < -0.4 is 0 Å². The molecule has 1 aliphatic rings. The van der Waals surface area contributed by atoms with Gasteiger partial charge in [-0.3, -0.25) is 9.79 Å². The second kappa shape index (κ2) is 6.34. The minimum Gasteiger partial charge on any atom is -0.465 e. The lowest BCUT2D eigenvalue weighted by atomic mass is 9.88. The number of nitrogens with zero attached hydrogens (tertiary/aromatic N) is 1. The summed E-state index contributed by atoms with van der Waals surface area (Å²) in [7, 11) is 0. The Bertz CT molecular complexity index is 452. The zero-order chi connectivity index (χ0) is 12.8. The Morgan fingerprint density at radius 2 is 2.22 bits per heavy atom. The summed E-state index contributed by atoms with van der Waals surface area (Å²) in [4.78, 5) is 15.4. The quantitative estimate of drug-likeness (QED) is 0.604. The summed E-state index contributed by atoms with van der Waals surface area (Å²) in [5.41, 5.74) is 3.98. The molecule has 0 spiro atoms. The van der Waals surface area contributed by atoms with Crippen molar-refractivity contribution in [2.75, 3.05) is 13.2 Å². The van der Waals surface area contributed by atoms with Crippen molar-refractivity contribution in [2.45, 2.75) is 32.6 Å². The van der Waals surface area contributed by atoms with Crippen molar-refractivity contribution in [1.82, 2.24) is 0 Å². The lowest BCUT2D eigenvalue weighted by Crippen LogP contribution is -2.09. The van der Waals surface area contributed by atoms with Gasteiger partial charge in [-0.1, -0.05) is 18.2 Å². The maximum atomic E-state index is 11.2. The molecule has 0 aliphatic heterocycles. The fourth-order valence-corrected chi connectivity index (χ4v) is 2.36. The van der Waals surface area contributed by atoms with Crippen LogP contribution in [0.15, 0.2) is 23.2 Å². The van der Waals surface area contributed by atoms with E-state index in [0.717, 1.165) is 18.4 Å². The van der Waals surface area contributed by atoms with Crippen LogP contribution in [0, 0.1) is 0 Å². The van der Waals surface area contributed by atoms with Gasteiger partial charge in [-0.05, 0) is 49.3 Å². The van der Waals surface area contributed by atoms with Gasteiger partial charge >= 0.3 is 5.97 Å². The molecule has 3 nitrogen and oxygen atoms in total. The third-order valence-corrected chi connectivity index (χ3v) is 3.19. The van der Waals surface area contributed by atoms with E-state index in [9.17, 15) is 4.79 Å². The van der Waals surface area contributed by atoms with Gasteiger partial charge in [-0.25, -0.2) is 0 Å². The SMILES string of the molecule is CCOC(=O)CN=Cc1cccc2c1CCCC2. The number of ether oxygens (including phenoxy) is 1. The number of hydrogen-bond donors (Lipinski definition) is 0. The smallest absolute Gasteiger partial charge is 0.327 e. The molecule has 1 aliphatic carbocycles. The molecule has 0 radical (unpaired) electrons. The molecule has 0 saturated carbocycles. The topological polar surface area (TPSA) is 38.7 Å². The Hall–Kier alpha value is -1.64. The number of aryl methyl sites for hydroxylation is 1. The second-order valence-corrected chi connectivity index (χ2v) is 4.47. The van der Waals surface area contributed by atoms with Gasteiger partial charge < -0.3 is 4.74 Å². The molecule has 1 aromatic carbocycles. The maximum Gasteiger partial charge on any atom is 0.327 e. The molecular formula is C15H19NO2. The minimum atomic E-state index is -0.265. The van der Waals surface area contributed by atoms with Crippen LogP contribution in [-0.2, 0) is 22.4 Å². The van der Waals surface area contributed by atoms with Crippen molar-refractivity contribution < 1.29 is 9.53 Å². The van der Waals surface area contributed by atoms with Gasteiger partial charge in [0.1, 0.15) is 6.54 Å². The summed E-state index contributed by atoms with van der Waals surface area (Å²) in [5.74, 6) is -0.265. The molecule has 18 heavy (non-hydrogen) atoms. The highest BCUT2D eigenvalue weighted by molar-refractivity contribution is 5.84. The Morgan fingerprint density at radius 1 is 1.39 bits per heavy atom. The Morgan fingerprint density at radius 3 is 3.06 bits per heavy atom. The summed E-state index contributed by atoms with van der Waals surface area (Å²) < 4.78 is 4.84. The Labute approximate surface area is 108 Å². The monoisotopic (exact) mass is 245 g/mol. The number of benzene rings is 1. The fourth-order valence-electron chi connectivity index (χ4n) is 2.36. The third kappa shape index (κ3) is 3.19. The van der Waals surface area contributed by atoms with Crippen molar-refractivity contribution in [3.8, 4) is 0 Å². The van der Waals surface area contributed by atoms with E-state index in [1.165, 1.54) is 24.0 Å². The number of esters is 1. The van der Waals surface area contributed by atoms with Crippen LogP contribution in [0.2, 0.25) is 0 Å². The van der Waals surface area contributed by atoms with E-state index >= 15 is 0 Å². The van der Waals surface area contributed by atoms with E-state index in [2.05, 4.69) is 23.2 Å². The van der Waals surface area contributed by atoms with E-state index in [0.29, 0.717) is 6.61 Å². The summed E-state index contributed by atoms with van der Waals surface area (Å²) in [6.07, 6.45) is 6.61. The van der Waals surface area contributed by atoms with Gasteiger partial charge in [-0.2, -0.15) is 0 Å². The third-order valence-electron chi connectivity index (χ3n) is 3.19. The molecule has 1 aromatic rings. The summed E-state index contributed by atoms with van der Waals surface area (Å²) in [6.45, 7) is 2.32. The van der Waals surface area contributed by atoms with Crippen molar-refractivity contribution in [1.29, 1.82) is 0 Å². The van der Waals surface area contributed by atoms with Crippen LogP contribution >= 0.6 is 0 Å². The molecule has 0 aromatic heterocycles. The first-order chi connectivity index (χ1) is 8.81. The molecule has 96 valence electrons. The highest BCUT2D eigenvalue weighted by Gasteiger charge is 2.11. The van der Waals surface area contributed by atoms with Crippen LogP contribution in [0.4, 0.5) is 0 Å². The standard InChI is InChI=1S/C15H19NO2/c1-2-18-15(17)11-16-10-13-8-5-7-12-6-3-4-9-14(12)13/h5,7-8,10H,2-4,6,9,11H2,1H3. The summed E-state index contributed by atoms with van der Waals surface area (Å²) in [5, 5.41) is 0. The number of rotatable bonds is 4. The molecule has 0 unspecified atom stereocenters. The van der Waals surface area contributed by atoms with Gasteiger partial charge in [-0.15, -0.1) is 0 Å². The Kier molecular flexibility index (Phi) is 4.51. The second-order valence-electron chi connectivity index (χ2n) is 4.47. The first kappa shape index (κ1) is 12.8. The predicted octanol–water partition coefficient (Wildman–Crippen LogP) is 2.55. The maximum absolute atomic E-state index is 11.2. The molecule has 0 heterocycles. The van der Waals surface area contributed by atoms with Gasteiger partial charge in [0.2, 0.25) is 0 Å². The van der Waals surface area contributed by atoms with Crippen molar-refractivity contribution in [3.63, 3.8) is 0 Å². The number of aliphatic imine (C=N–C) groups is 1. The van der Waals surface area contributed by atoms with Crippen LogP contribution in [0.5, 0.6) is 0 Å². The van der Waals surface area contributed by atoms with Gasteiger partial charge in [0.25, 0.3) is 0 Å². The van der Waals surface area contributed by atoms with E-state index in [4.69, 9.17) is 4.74 Å². The fraction of sp³-hybridized carbons (Fsp3) is 0.467. The normalized spacial score (nSPS) is 14.5. The molecule has 0 amide bonds. The van der Waals surface area contributed by atoms with Gasteiger partial charge in [0.05, 0.1) is 6.61 Å². The van der Waals surface area contributed by atoms with Crippen LogP contribution in [0.1, 0.15) is 36.5 Å². The average Bonchev–Trinajstić information content (AvgIpc) is 2.39. The molecule has 2 rings (SSSR count). The number of hydrogen-bond acceptors (Lipinski definition) is 3. The van der Waals surface area contributed by atoms with E-state index in [1.807, 2.05) is 0 Å². The zero-order valence-electron chi connectivity index (χ0n) is 10.8. The molecule has 0 saturated heterocycles. The number of carbonyl (C=O) groups is 1. The highest BCUT2D eigenvalue weighted by atomic mass is 16.5. The van der Waals surface area contributed by atoms with Gasteiger partial charge in [0, 0.05) is 6.21 Å². The lowest BCUT2D eigenvalue weighted by Gasteiger charge is -2.17. The van der Waals surface area contributed by atoms with Gasteiger partial charge in [0.15, 0.2) is 0 Å². The Balaban J connectivity index is 2.05. The molecule has 0 fully saturated rings. The lowest BCUT2D eigenvalue weighted by molar-refractivity contribution is -0.141. The summed E-state index contributed by atoms with van der Waals surface area (Å²) in [6, 6.07) is 6.33. The number of carbonyl (C=O) groups excluding carboxylic acids is 1. The molecule has 0 bridgehead atoms. The first-order valence-electron chi connectivity index (χ1n) is 6.57. The van der Waals surface area contributed by atoms with Crippen LogP contribution in [0.3, 0.4) is 0 Å². The zero-order valence-corrected chi connectivity index (χ0v) is 10.8. The first-order valence-corrected chi connectivity index (χ1v) is 6.57. The molecule has 3 heteroatoms. The van der Waals surface area contributed by atoms with E-state index in [-0.39, 0.29) is 12.5 Å². The largest absolute Gasteiger partial charge is 0.465 e. The van der Waals surface area contributed by atoms with E-state index in [1.54, 1.807) is 13.1 Å². The minimum absolute atomic E-state index is 0.109. The van der Waals surface area contributed by atoms with Crippen molar-refractivity contribution in [2.24, 2.45) is 4.99 Å². The average molecular weight is 245 g/mol. The van der Waals surface area contributed by atoms with E-state index < -0.39 is 0 Å². The predicted molar refractivity (Wildman–Crippen MR) is 72.2 cm³/mol.